The minimum absolute atomic E-state index is 0.158. The maximum absolute atomic E-state index is 14.7. The van der Waals surface area contributed by atoms with Crippen molar-refractivity contribution in [3.05, 3.63) is 48.5 Å². The second kappa shape index (κ2) is 8.03. The van der Waals surface area contributed by atoms with Crippen molar-refractivity contribution in [2.24, 2.45) is 0 Å². The predicted molar refractivity (Wildman–Crippen MR) is 102 cm³/mol. The van der Waals surface area contributed by atoms with Crippen molar-refractivity contribution < 1.29 is 28.6 Å². The van der Waals surface area contributed by atoms with Gasteiger partial charge in [-0.2, -0.15) is 0 Å². The molecular formula is C19H18FN5O5. The van der Waals surface area contributed by atoms with E-state index in [1.54, 1.807) is 37.3 Å². The topological polar surface area (TPSA) is 128 Å². The molecule has 0 radical (unpaired) electrons. The number of carbonyl (C=O) groups is 2. The molecule has 2 N–H and O–H groups in total. The molecule has 10 nitrogen and oxygen atoms in total. The van der Waals surface area contributed by atoms with Gasteiger partial charge in [-0.15, -0.1) is 0 Å². The zero-order valence-electron chi connectivity index (χ0n) is 15.8. The van der Waals surface area contributed by atoms with Crippen LogP contribution in [0.3, 0.4) is 0 Å². The average Bonchev–Trinajstić information content (AvgIpc) is 3.30. The van der Waals surface area contributed by atoms with E-state index in [9.17, 15) is 14.0 Å². The van der Waals surface area contributed by atoms with Gasteiger partial charge in [-0.3, -0.25) is 9.36 Å². The summed E-state index contributed by atoms with van der Waals surface area (Å²) in [6.07, 6.45) is -3.71. The Morgan fingerprint density at radius 2 is 2.03 bits per heavy atom. The molecule has 1 aliphatic heterocycles. The number of nitrogens with zero attached hydrogens (tertiary/aromatic N) is 4. The van der Waals surface area contributed by atoms with Gasteiger partial charge >= 0.3 is 6.16 Å². The third-order valence-corrected chi connectivity index (χ3v) is 4.80. The number of carboxylic acid groups (broad SMARTS) is 1. The smallest absolute Gasteiger partial charge is 0.450 e. The number of carbonyl (C=O) groups excluding carboxylic acids is 1. The fourth-order valence-corrected chi connectivity index (χ4v) is 3.38. The van der Waals surface area contributed by atoms with Crippen LogP contribution in [0, 0.1) is 0 Å². The number of alkyl halides is 1. The summed E-state index contributed by atoms with van der Waals surface area (Å²) in [7, 11) is 0. The van der Waals surface area contributed by atoms with Gasteiger partial charge in [-0.1, -0.05) is 25.1 Å². The molecule has 0 aliphatic carbocycles. The van der Waals surface area contributed by atoms with Gasteiger partial charge in [0, 0.05) is 5.56 Å². The third kappa shape index (κ3) is 3.54. The van der Waals surface area contributed by atoms with Crippen LogP contribution < -0.4 is 5.32 Å². The van der Waals surface area contributed by atoms with Gasteiger partial charge in [-0.25, -0.2) is 24.1 Å². The molecule has 1 aromatic carbocycles. The standard InChI is InChI=1S/C19H18FN5O5/c1-2-11-12(20)14(30-19(27)28)18(29-11)25-9-23-13-15(21-8-22-16(13)25)24-17(26)10-6-4-3-5-7-10/h3-9,11-12,14,18H,2H2,1H3,(H,27,28)(H,21,22,24,26)/t11-,12-,14-,18-/m1/s1. The second-order valence-electron chi connectivity index (χ2n) is 6.63. The van der Waals surface area contributed by atoms with Crippen molar-refractivity contribution in [2.75, 3.05) is 5.32 Å². The van der Waals surface area contributed by atoms with Crippen LogP contribution in [0.4, 0.5) is 15.0 Å². The summed E-state index contributed by atoms with van der Waals surface area (Å²) in [5, 5.41) is 11.7. The molecule has 4 atom stereocenters. The molecule has 11 heteroatoms. The molecule has 1 fully saturated rings. The highest BCUT2D eigenvalue weighted by molar-refractivity contribution is 6.06. The Morgan fingerprint density at radius 3 is 2.73 bits per heavy atom. The summed E-state index contributed by atoms with van der Waals surface area (Å²) < 4.78 is 26.5. The summed E-state index contributed by atoms with van der Waals surface area (Å²) in [4.78, 5) is 35.9. The molecule has 1 saturated heterocycles. The van der Waals surface area contributed by atoms with Gasteiger partial charge in [0.15, 0.2) is 35.5 Å². The Labute approximate surface area is 169 Å². The van der Waals surface area contributed by atoms with E-state index in [2.05, 4.69) is 20.3 Å². The third-order valence-electron chi connectivity index (χ3n) is 4.80. The van der Waals surface area contributed by atoms with Crippen LogP contribution in [0.2, 0.25) is 0 Å². The molecule has 3 aromatic rings. The second-order valence-corrected chi connectivity index (χ2v) is 6.63. The number of amides is 1. The number of hydrogen-bond acceptors (Lipinski definition) is 7. The maximum atomic E-state index is 14.7. The summed E-state index contributed by atoms with van der Waals surface area (Å²) in [6, 6.07) is 8.56. The molecule has 0 bridgehead atoms. The van der Waals surface area contributed by atoms with Gasteiger partial charge in [0.05, 0.1) is 12.4 Å². The average molecular weight is 415 g/mol. The molecule has 0 saturated carbocycles. The van der Waals surface area contributed by atoms with Crippen LogP contribution in [-0.4, -0.2) is 55.1 Å². The number of benzene rings is 1. The molecule has 0 spiro atoms. The Morgan fingerprint density at radius 1 is 1.27 bits per heavy atom. The van der Waals surface area contributed by atoms with E-state index >= 15 is 0 Å². The minimum atomic E-state index is -1.65. The van der Waals surface area contributed by atoms with Gasteiger partial charge in [0.2, 0.25) is 0 Å². The molecule has 1 amide bonds. The van der Waals surface area contributed by atoms with Crippen molar-refractivity contribution in [2.45, 2.75) is 38.0 Å². The number of aromatic nitrogens is 4. The van der Waals surface area contributed by atoms with Crippen molar-refractivity contribution in [3.8, 4) is 0 Å². The molecule has 0 unspecified atom stereocenters. The fourth-order valence-electron chi connectivity index (χ4n) is 3.38. The van der Waals surface area contributed by atoms with Crippen LogP contribution in [0.15, 0.2) is 43.0 Å². The predicted octanol–water partition coefficient (Wildman–Crippen LogP) is 2.79. The lowest BCUT2D eigenvalue weighted by molar-refractivity contribution is -0.0493. The van der Waals surface area contributed by atoms with Gasteiger partial charge < -0.3 is 19.9 Å². The Balaban J connectivity index is 1.67. The molecule has 3 heterocycles. The number of ether oxygens (including phenoxy) is 2. The summed E-state index contributed by atoms with van der Waals surface area (Å²) in [5.41, 5.74) is 0.917. The summed E-state index contributed by atoms with van der Waals surface area (Å²) in [6.45, 7) is 1.73. The van der Waals surface area contributed by atoms with E-state index in [-0.39, 0.29) is 22.9 Å². The number of fused-ring (bicyclic) bond motifs is 1. The van der Waals surface area contributed by atoms with E-state index in [4.69, 9.17) is 14.6 Å². The van der Waals surface area contributed by atoms with Gasteiger partial charge in [0.1, 0.15) is 6.33 Å². The van der Waals surface area contributed by atoms with E-state index in [1.807, 2.05) is 0 Å². The summed E-state index contributed by atoms with van der Waals surface area (Å²) in [5.74, 6) is -0.227. The maximum Gasteiger partial charge on any atom is 0.506 e. The number of rotatable bonds is 5. The van der Waals surface area contributed by atoms with E-state index < -0.39 is 30.8 Å². The first kappa shape index (κ1) is 19.7. The molecule has 2 aromatic heterocycles. The quantitative estimate of drug-likeness (QED) is 0.609. The fraction of sp³-hybridized carbons (Fsp3) is 0.316. The Bertz CT molecular complexity index is 1080. The van der Waals surface area contributed by atoms with E-state index in [1.165, 1.54) is 17.2 Å². The first-order chi connectivity index (χ1) is 14.5. The molecule has 156 valence electrons. The summed E-state index contributed by atoms with van der Waals surface area (Å²) >= 11 is 0. The Hall–Kier alpha value is -3.60. The van der Waals surface area contributed by atoms with Crippen LogP contribution in [0.5, 0.6) is 0 Å². The van der Waals surface area contributed by atoms with E-state index in [0.29, 0.717) is 12.0 Å². The Kier molecular flexibility index (Phi) is 5.27. The first-order valence-electron chi connectivity index (χ1n) is 9.22. The lowest BCUT2D eigenvalue weighted by Crippen LogP contribution is -2.32. The number of nitrogens with one attached hydrogen (secondary N) is 1. The van der Waals surface area contributed by atoms with Crippen molar-refractivity contribution in [3.63, 3.8) is 0 Å². The van der Waals surface area contributed by atoms with Crippen molar-refractivity contribution in [1.82, 2.24) is 19.5 Å². The highest BCUT2D eigenvalue weighted by Crippen LogP contribution is 2.37. The van der Waals surface area contributed by atoms with Gasteiger partial charge in [-0.05, 0) is 18.6 Å². The zero-order valence-corrected chi connectivity index (χ0v) is 15.8. The van der Waals surface area contributed by atoms with E-state index in [0.717, 1.165) is 0 Å². The normalized spacial score (nSPS) is 23.4. The zero-order chi connectivity index (χ0) is 21.3. The lowest BCUT2D eigenvalue weighted by Gasteiger charge is -2.19. The monoisotopic (exact) mass is 415 g/mol. The van der Waals surface area contributed by atoms with Gasteiger partial charge in [0.25, 0.3) is 5.91 Å². The van der Waals surface area contributed by atoms with Crippen LogP contribution >= 0.6 is 0 Å². The number of halogens is 1. The van der Waals surface area contributed by atoms with Crippen molar-refractivity contribution in [1.29, 1.82) is 0 Å². The van der Waals surface area contributed by atoms with Crippen molar-refractivity contribution >= 4 is 29.0 Å². The number of imidazole rings is 1. The molecule has 4 rings (SSSR count). The molecule has 1 aliphatic rings. The number of hydrogen-bond donors (Lipinski definition) is 2. The number of anilines is 1. The SMILES string of the molecule is CC[C@H]1O[C@@H](n2cnc3c(NC(=O)c4ccccc4)ncnc32)[C@H](OC(=O)O)[C@@H]1F. The van der Waals surface area contributed by atoms with Crippen LogP contribution in [0.1, 0.15) is 29.9 Å². The molecular weight excluding hydrogens is 397 g/mol. The van der Waals surface area contributed by atoms with Crippen LogP contribution in [0.25, 0.3) is 11.2 Å². The highest BCUT2D eigenvalue weighted by atomic mass is 19.1. The van der Waals surface area contributed by atoms with Crippen LogP contribution in [-0.2, 0) is 9.47 Å². The lowest BCUT2D eigenvalue weighted by atomic mass is 10.1. The highest BCUT2D eigenvalue weighted by Gasteiger charge is 2.48. The largest absolute Gasteiger partial charge is 0.506 e. The molecule has 30 heavy (non-hydrogen) atoms. The first-order valence-corrected chi connectivity index (χ1v) is 9.22. The minimum Gasteiger partial charge on any atom is -0.450 e.